The molecule has 0 saturated heterocycles. The fraction of sp³-hybridized carbons (Fsp3) is 0.306. The molecule has 0 amide bonds. The van der Waals surface area contributed by atoms with E-state index in [1.54, 1.807) is 87.7 Å². The molecule has 16 rings (SSSR count). The van der Waals surface area contributed by atoms with E-state index in [4.69, 9.17) is 52.5 Å². The van der Waals surface area contributed by atoms with Crippen LogP contribution in [0.15, 0.2) is 255 Å². The summed E-state index contributed by atoms with van der Waals surface area (Å²) in [5.74, 6) is -1.59. The molecular formula is C121H130N6O2Pt2-2. The summed E-state index contributed by atoms with van der Waals surface area (Å²) in [6.07, 6.45) is -1.55. The van der Waals surface area contributed by atoms with Gasteiger partial charge in [0.25, 0.3) is 0 Å². The van der Waals surface area contributed by atoms with Gasteiger partial charge in [0.05, 0.1) is 63.8 Å². The van der Waals surface area contributed by atoms with Gasteiger partial charge in [-0.3, -0.25) is 19.1 Å². The van der Waals surface area contributed by atoms with Crippen molar-refractivity contribution in [3.05, 3.63) is 334 Å². The Labute approximate surface area is 861 Å². The van der Waals surface area contributed by atoms with E-state index in [9.17, 15) is 18.4 Å². The second-order valence-corrected chi connectivity index (χ2v) is 38.9. The van der Waals surface area contributed by atoms with Gasteiger partial charge in [-0.25, -0.2) is 9.97 Å². The molecule has 8 nitrogen and oxygen atoms in total. The molecule has 4 aromatic heterocycles. The Hall–Kier alpha value is -11.1. The summed E-state index contributed by atoms with van der Waals surface area (Å²) in [5, 5.41) is 24.2. The normalized spacial score (nSPS) is 17.3. The predicted octanol–water partition coefficient (Wildman–Crippen LogP) is 32.8. The van der Waals surface area contributed by atoms with Gasteiger partial charge >= 0.3 is 0 Å². The van der Waals surface area contributed by atoms with E-state index in [1.807, 2.05) is 160 Å². The fourth-order valence-electron chi connectivity index (χ4n) is 15.5. The van der Waals surface area contributed by atoms with Crippen LogP contribution in [0.4, 0.5) is 0 Å². The van der Waals surface area contributed by atoms with Crippen LogP contribution in [0.3, 0.4) is 0 Å². The molecule has 131 heavy (non-hydrogen) atoms. The summed E-state index contributed by atoms with van der Waals surface area (Å²) in [4.78, 5) is 19.5. The molecule has 16 aromatic rings. The van der Waals surface area contributed by atoms with Gasteiger partial charge in [0.15, 0.2) is 0 Å². The van der Waals surface area contributed by atoms with Gasteiger partial charge < -0.3 is 10.2 Å². The first kappa shape index (κ1) is 59.4. The van der Waals surface area contributed by atoms with E-state index < -0.39 is 205 Å². The minimum Gasteiger partial charge on any atom is -0.507 e. The number of benzene rings is 12. The second kappa shape index (κ2) is 37.1. The number of para-hydroxylation sites is 2. The van der Waals surface area contributed by atoms with Crippen LogP contribution in [0.5, 0.6) is 11.5 Å². The second-order valence-electron chi connectivity index (χ2n) is 38.9. The maximum Gasteiger partial charge on any atom is 0.148 e. The Balaban J connectivity index is 0.000000273. The number of phenols is 2. The number of phenolic OH excluding ortho intramolecular Hbond substituents is 2. The molecule has 10 heteroatoms. The van der Waals surface area contributed by atoms with Gasteiger partial charge in [0.1, 0.15) is 23.1 Å². The van der Waals surface area contributed by atoms with Gasteiger partial charge in [-0.2, -0.15) is 0 Å². The van der Waals surface area contributed by atoms with Gasteiger partial charge in [-0.05, 0) is 226 Å². The molecule has 0 unspecified atom stereocenters. The molecule has 678 valence electrons. The van der Waals surface area contributed by atoms with Crippen molar-refractivity contribution in [3.8, 4) is 135 Å². The van der Waals surface area contributed by atoms with Crippen LogP contribution in [0.25, 0.3) is 145 Å². The number of fused-ring (bicyclic) bond motifs is 2. The van der Waals surface area contributed by atoms with Gasteiger partial charge in [-0.15, -0.1) is 58.7 Å². The number of pyridine rings is 2. The van der Waals surface area contributed by atoms with Crippen molar-refractivity contribution in [1.82, 2.24) is 29.1 Å². The summed E-state index contributed by atoms with van der Waals surface area (Å²) < 4.78 is 326. The van der Waals surface area contributed by atoms with E-state index in [0.717, 1.165) is 33.5 Å². The Bertz CT molecular complexity index is 8690. The minimum atomic E-state index is -3.96. The van der Waals surface area contributed by atoms with E-state index >= 15 is 0 Å². The number of aryl methyl sites for hydroxylation is 3. The number of hydrogen-bond donors (Lipinski definition) is 2. The fourth-order valence-corrected chi connectivity index (χ4v) is 15.5. The number of aromatic nitrogens is 6. The van der Waals surface area contributed by atoms with Crippen LogP contribution in [-0.4, -0.2) is 39.3 Å². The van der Waals surface area contributed by atoms with Crippen molar-refractivity contribution in [1.29, 1.82) is 0 Å². The Morgan fingerprint density at radius 2 is 0.733 bits per heavy atom. The quantitative estimate of drug-likeness (QED) is 0.105. The van der Waals surface area contributed by atoms with E-state index in [2.05, 4.69) is 98.5 Å². The van der Waals surface area contributed by atoms with E-state index in [1.165, 1.54) is 0 Å². The summed E-state index contributed by atoms with van der Waals surface area (Å²) in [6, 6.07) is 46.3. The minimum absolute atomic E-state index is 0. The molecule has 0 spiro atoms. The van der Waals surface area contributed by atoms with Crippen LogP contribution in [0.2, 0.25) is 0 Å². The SMILES string of the molecule is [2H]c1nc(-c2[c-]c(-c3cccc4c3nc(-c3cc(C(C)(C)C)cc(C)c3O)n4-c3ccc(-c4cc(C([2H])(C)C)cc(C([2H])(C)C)c4)cc3C([2H])([2H])[2H])cc(C(C)(C)C)c2)c([2H])c(-c2c([2H])c([2H])c(C(C([2H])([2H])[2H])(C([2H])([2H])[2H])C([2H])([2H])[2H])c([2H])c2[2H])c1[2H].[2H]c1nc(-c2[c-]c(-c3cccc4c3nc(-c3cc(C(C)(C)C)cc(C)c3O)n4-c3ccc(C(C)(C)C)cc3-c3ccccc3)cc(C(C)(C)C)c2)c([2H])c(-c2c([2H])c([2H])c(C(C([2H])([2H])[2H])(C([2H])([2H])[2H])C([2H])([2H])[2H])c([2H])c2[2H])c1[2H].[Pt].[Pt]. The van der Waals surface area contributed by atoms with E-state index in [0.29, 0.717) is 100 Å². The standard InChI is InChI=1S/C62H68N3O.C59H62N3O.2Pt/c1-37(2)44-29-45(38(3)4)31-46(30-44)42-21-24-55(39(5)27-42)65-56-18-16-17-52(57(56)64-59(65)53-36-50(61(10,11)12)28-40(6)58(53)66)47-32-48(34-51(33-47)62(13,14)15)54-35-43(25-26-63-54)41-19-22-49(23-20-41)60(7,8)9;1-37-30-45(58(8,9)10)36-49(54(37)63)55-61-53-47(20-17-21-52(53)62(55)51-27-26-44(57(5,6)7)35-48(51)39-18-15-14-16-19-39)41-31-42(33-46(32-41)59(11,12)13)50-34-40(28-29-60-50)38-22-24-43(25-23-38)56(2,3)4;;/h16-31,33-38,66H,1-15H3;14-30,32-36,63H,1-13H3;;/q2*-1;;/i5D3,7D3,8D3,9D3,19D,20D,22D,23D,25D,26D,35D,37D,38D;2D3,3D3,4D3,22D,23D,24D,25D,28D,29D,34D;;. The molecule has 0 aliphatic heterocycles. The zero-order valence-corrected chi connectivity index (χ0v) is 81.9. The average molecular weight is 2130 g/mol. The number of rotatable bonds is 14. The van der Waals surface area contributed by atoms with Crippen molar-refractivity contribution in [3.63, 3.8) is 0 Å². The van der Waals surface area contributed by atoms with Gasteiger partial charge in [-0.1, -0.05) is 352 Å². The van der Waals surface area contributed by atoms with Crippen LogP contribution < -0.4 is 0 Å². The summed E-state index contributed by atoms with van der Waals surface area (Å²) >= 11 is 0. The summed E-state index contributed by atoms with van der Waals surface area (Å²) in [5.41, 5.74) is -1.33. The Morgan fingerprint density at radius 3 is 1.14 bits per heavy atom. The molecule has 12 aromatic carbocycles. The third kappa shape index (κ3) is 20.6. The van der Waals surface area contributed by atoms with Crippen LogP contribution in [-0.2, 0) is 80.0 Å². The van der Waals surface area contributed by atoms with Crippen molar-refractivity contribution in [2.45, 2.75) is 243 Å². The molecule has 0 bridgehead atoms. The maximum absolute atomic E-state index is 12.1. The third-order valence-electron chi connectivity index (χ3n) is 23.3. The molecule has 0 fully saturated rings. The number of imidazole rings is 2. The monoisotopic (exact) mass is 2130 g/mol. The molecule has 0 atom stereocenters. The molecule has 2 N–H and O–H groups in total. The first-order chi connectivity index (χ1) is 75.7. The molecule has 4 heterocycles. The maximum atomic E-state index is 12.1. The third-order valence-corrected chi connectivity index (χ3v) is 23.3. The molecule has 0 radical (unpaired) electrons. The van der Waals surface area contributed by atoms with Crippen molar-refractivity contribution < 1.29 is 103 Å². The van der Waals surface area contributed by atoms with Crippen LogP contribution >= 0.6 is 0 Å². The Kier molecular flexibility index (Phi) is 16.8. The Morgan fingerprint density at radius 1 is 0.336 bits per heavy atom. The smallest absolute Gasteiger partial charge is 0.148 e. The zero-order chi connectivity index (χ0) is 124. The topological polar surface area (TPSA) is 102 Å². The van der Waals surface area contributed by atoms with Crippen LogP contribution in [0, 0.1) is 32.8 Å². The average Bonchev–Trinajstić information content (AvgIpc) is 0.737. The first-order valence-electron chi connectivity index (χ1n) is 61.3. The van der Waals surface area contributed by atoms with E-state index in [-0.39, 0.29) is 110 Å². The van der Waals surface area contributed by atoms with Crippen LogP contribution in [0.1, 0.15) is 302 Å². The summed E-state index contributed by atoms with van der Waals surface area (Å²) in [6.45, 7) is 14.6. The van der Waals surface area contributed by atoms with Gasteiger partial charge in [0, 0.05) is 103 Å². The first-order valence-corrected chi connectivity index (χ1v) is 42.8. The molecule has 0 saturated carbocycles. The number of aromatic hydroxyl groups is 2. The molecular weight excluding hydrogens is 1960 g/mol. The van der Waals surface area contributed by atoms with Gasteiger partial charge in [0.2, 0.25) is 0 Å². The largest absolute Gasteiger partial charge is 0.507 e. The van der Waals surface area contributed by atoms with Crippen molar-refractivity contribution >= 4 is 22.1 Å². The van der Waals surface area contributed by atoms with Crippen molar-refractivity contribution in [2.75, 3.05) is 0 Å². The van der Waals surface area contributed by atoms with Crippen molar-refractivity contribution in [2.24, 2.45) is 0 Å². The predicted molar refractivity (Wildman–Crippen MR) is 546 cm³/mol. The zero-order valence-electron chi connectivity index (χ0n) is 114. The molecule has 0 aliphatic rings. The molecule has 0 aliphatic carbocycles. The number of nitrogens with zero attached hydrogens (tertiary/aromatic N) is 6. The summed E-state index contributed by atoms with van der Waals surface area (Å²) in [7, 11) is 0. The number of hydrogen-bond acceptors (Lipinski definition) is 6.